The summed E-state index contributed by atoms with van der Waals surface area (Å²) in [5.41, 5.74) is 19.1. The Labute approximate surface area is 101 Å². The minimum Gasteiger partial charge on any atom is -0.333 e. The molecular weight excluding hydrogens is 198 g/mol. The van der Waals surface area contributed by atoms with Crippen LogP contribution in [0.2, 0.25) is 0 Å². The van der Waals surface area contributed by atoms with Gasteiger partial charge in [-0.25, -0.2) is 0 Å². The van der Waals surface area contributed by atoms with Gasteiger partial charge in [-0.1, -0.05) is 17.7 Å². The normalized spacial score (nSPS) is 7.38. The lowest BCUT2D eigenvalue weighted by molar-refractivity contribution is 1.23. The number of hydrogen-bond donors (Lipinski definition) is 3. The van der Waals surface area contributed by atoms with Crippen molar-refractivity contribution in [2.24, 2.45) is 17.2 Å². The van der Waals surface area contributed by atoms with Gasteiger partial charge in [0, 0.05) is 0 Å². The maximum atomic E-state index is 4.50. The van der Waals surface area contributed by atoms with Gasteiger partial charge in [0.25, 0.3) is 0 Å². The molecule has 3 nitrogen and oxygen atoms in total. The topological polar surface area (TPSA) is 78.1 Å². The van der Waals surface area contributed by atoms with Crippen LogP contribution in [0.5, 0.6) is 0 Å². The monoisotopic (exact) mass is 227 g/mol. The first-order chi connectivity index (χ1) is 7.61. The molecule has 0 saturated carbocycles. The Balaban J connectivity index is -0.000000245. The molecule has 0 aliphatic rings. The largest absolute Gasteiger partial charge is 0.333 e. The Bertz CT molecular complexity index is 234. The summed E-state index contributed by atoms with van der Waals surface area (Å²) in [5, 5.41) is 0. The number of hydrogen-bond acceptors (Lipinski definition) is 3. The standard InChI is InChI=1S/C10H14.3CH5N/c1-7-5-8(2)10(4)9(3)6-7;3*1-2/h5-6H,1-4H3;3*2H2,1H3. The molecule has 0 atom stereocenters. The highest BCUT2D eigenvalue weighted by Gasteiger charge is 1.95. The van der Waals surface area contributed by atoms with E-state index < -0.39 is 0 Å². The summed E-state index contributed by atoms with van der Waals surface area (Å²) >= 11 is 0. The van der Waals surface area contributed by atoms with Crippen LogP contribution < -0.4 is 17.2 Å². The van der Waals surface area contributed by atoms with Gasteiger partial charge >= 0.3 is 0 Å². The van der Waals surface area contributed by atoms with E-state index in [1.54, 1.807) is 0 Å². The van der Waals surface area contributed by atoms with E-state index in [0.717, 1.165) is 0 Å². The number of aryl methyl sites for hydroxylation is 3. The van der Waals surface area contributed by atoms with Crippen LogP contribution in [0.1, 0.15) is 22.3 Å². The quantitative estimate of drug-likeness (QED) is 0.630. The van der Waals surface area contributed by atoms with E-state index in [-0.39, 0.29) is 0 Å². The predicted octanol–water partition coefficient (Wildman–Crippen LogP) is 1.64. The molecule has 1 rings (SSSR count). The molecule has 96 valence electrons. The van der Waals surface area contributed by atoms with Crippen molar-refractivity contribution in [1.29, 1.82) is 0 Å². The average Bonchev–Trinajstić information content (AvgIpc) is 2.33. The molecule has 16 heavy (non-hydrogen) atoms. The number of nitrogens with two attached hydrogens (primary N) is 3. The van der Waals surface area contributed by atoms with Crippen molar-refractivity contribution in [2.75, 3.05) is 21.1 Å². The Morgan fingerprint density at radius 2 is 0.875 bits per heavy atom. The zero-order valence-corrected chi connectivity index (χ0v) is 11.9. The fourth-order valence-electron chi connectivity index (χ4n) is 1.25. The van der Waals surface area contributed by atoms with E-state index in [9.17, 15) is 0 Å². The van der Waals surface area contributed by atoms with E-state index in [1.165, 1.54) is 43.4 Å². The third-order valence-electron chi connectivity index (χ3n) is 2.07. The van der Waals surface area contributed by atoms with E-state index in [4.69, 9.17) is 0 Å². The molecule has 0 bridgehead atoms. The average molecular weight is 227 g/mol. The van der Waals surface area contributed by atoms with Crippen LogP contribution in [0.4, 0.5) is 0 Å². The van der Waals surface area contributed by atoms with Gasteiger partial charge in [0.05, 0.1) is 0 Å². The third-order valence-corrected chi connectivity index (χ3v) is 2.07. The van der Waals surface area contributed by atoms with Gasteiger partial charge in [0.15, 0.2) is 0 Å². The van der Waals surface area contributed by atoms with Crippen molar-refractivity contribution in [3.63, 3.8) is 0 Å². The fourth-order valence-corrected chi connectivity index (χ4v) is 1.25. The van der Waals surface area contributed by atoms with Crippen molar-refractivity contribution in [1.82, 2.24) is 0 Å². The van der Waals surface area contributed by atoms with Gasteiger partial charge in [-0.05, 0) is 65.5 Å². The van der Waals surface area contributed by atoms with E-state index in [1.807, 2.05) is 0 Å². The second-order valence-corrected chi connectivity index (χ2v) is 3.02. The molecule has 6 N–H and O–H groups in total. The molecule has 0 saturated heterocycles. The van der Waals surface area contributed by atoms with E-state index in [0.29, 0.717) is 0 Å². The smallest absolute Gasteiger partial charge is 0.0195 e. The molecule has 3 heteroatoms. The molecule has 1 aromatic rings. The highest BCUT2D eigenvalue weighted by Crippen LogP contribution is 2.13. The summed E-state index contributed by atoms with van der Waals surface area (Å²) in [5.74, 6) is 0. The third kappa shape index (κ3) is 8.41. The van der Waals surface area contributed by atoms with Crippen molar-refractivity contribution in [3.05, 3.63) is 34.4 Å². The van der Waals surface area contributed by atoms with Crippen LogP contribution in [-0.4, -0.2) is 21.1 Å². The molecule has 0 spiro atoms. The summed E-state index contributed by atoms with van der Waals surface area (Å²) in [4.78, 5) is 0. The molecule has 0 aromatic heterocycles. The van der Waals surface area contributed by atoms with Crippen LogP contribution in [0.25, 0.3) is 0 Å². The predicted molar refractivity (Wildman–Crippen MR) is 75.7 cm³/mol. The van der Waals surface area contributed by atoms with E-state index >= 15 is 0 Å². The molecule has 0 fully saturated rings. The zero-order valence-electron chi connectivity index (χ0n) is 11.9. The van der Waals surface area contributed by atoms with E-state index in [2.05, 4.69) is 57.0 Å². The lowest BCUT2D eigenvalue weighted by atomic mass is 10.0. The van der Waals surface area contributed by atoms with Crippen LogP contribution in [-0.2, 0) is 0 Å². The lowest BCUT2D eigenvalue weighted by Crippen LogP contribution is -1.86. The number of benzene rings is 1. The summed E-state index contributed by atoms with van der Waals surface area (Å²) in [7, 11) is 4.50. The molecule has 0 unspecified atom stereocenters. The van der Waals surface area contributed by atoms with Crippen LogP contribution in [0, 0.1) is 27.7 Å². The first kappa shape index (κ1) is 20.5. The second-order valence-electron chi connectivity index (χ2n) is 3.02. The van der Waals surface area contributed by atoms with Crippen molar-refractivity contribution < 1.29 is 0 Å². The van der Waals surface area contributed by atoms with Crippen molar-refractivity contribution in [2.45, 2.75) is 27.7 Å². The van der Waals surface area contributed by atoms with Gasteiger partial charge in [-0.15, -0.1) is 0 Å². The molecule has 1 aromatic carbocycles. The first-order valence-corrected chi connectivity index (χ1v) is 5.39. The van der Waals surface area contributed by atoms with Crippen LogP contribution in [0.15, 0.2) is 12.1 Å². The summed E-state index contributed by atoms with van der Waals surface area (Å²) < 4.78 is 0. The highest BCUT2D eigenvalue weighted by molar-refractivity contribution is 5.35. The number of rotatable bonds is 0. The second kappa shape index (κ2) is 14.1. The first-order valence-electron chi connectivity index (χ1n) is 5.39. The summed E-state index contributed by atoms with van der Waals surface area (Å²) in [6.07, 6.45) is 0. The zero-order chi connectivity index (χ0) is 13.7. The summed E-state index contributed by atoms with van der Waals surface area (Å²) in [6.45, 7) is 8.63. The maximum absolute atomic E-state index is 4.50. The van der Waals surface area contributed by atoms with Gasteiger partial charge in [0.1, 0.15) is 0 Å². The highest BCUT2D eigenvalue weighted by atomic mass is 14.4. The lowest BCUT2D eigenvalue weighted by Gasteiger charge is -2.04. The Hall–Kier alpha value is -0.900. The van der Waals surface area contributed by atoms with Gasteiger partial charge in [-0.2, -0.15) is 0 Å². The summed E-state index contributed by atoms with van der Waals surface area (Å²) in [6, 6.07) is 4.45. The SMILES string of the molecule is CN.CN.CN.Cc1cc(C)c(C)c(C)c1. The van der Waals surface area contributed by atoms with Gasteiger partial charge in [0.2, 0.25) is 0 Å². The fraction of sp³-hybridized carbons (Fsp3) is 0.538. The Morgan fingerprint density at radius 3 is 1.12 bits per heavy atom. The molecule has 0 radical (unpaired) electrons. The maximum Gasteiger partial charge on any atom is -0.0195 e. The minimum absolute atomic E-state index is 1.36. The van der Waals surface area contributed by atoms with Crippen molar-refractivity contribution in [3.8, 4) is 0 Å². The van der Waals surface area contributed by atoms with Gasteiger partial charge in [-0.3, -0.25) is 0 Å². The molecule has 0 aliphatic heterocycles. The van der Waals surface area contributed by atoms with Crippen LogP contribution >= 0.6 is 0 Å². The molecule has 0 aliphatic carbocycles. The molecule has 0 heterocycles. The van der Waals surface area contributed by atoms with Gasteiger partial charge < -0.3 is 17.2 Å². The van der Waals surface area contributed by atoms with Crippen LogP contribution in [0.3, 0.4) is 0 Å². The minimum atomic E-state index is 1.36. The van der Waals surface area contributed by atoms with Crippen molar-refractivity contribution >= 4 is 0 Å². The Kier molecular flexibility index (Phi) is 18.1. The molecular formula is C13H29N3. The molecule has 0 amide bonds. The Morgan fingerprint density at radius 1 is 0.625 bits per heavy atom.